The molecule has 1 N–H and O–H groups in total. The predicted octanol–water partition coefficient (Wildman–Crippen LogP) is 3.96. The van der Waals surface area contributed by atoms with Crippen molar-refractivity contribution in [2.24, 2.45) is 0 Å². The Morgan fingerprint density at radius 3 is 2.58 bits per heavy atom. The van der Waals surface area contributed by atoms with Crippen LogP contribution in [0.25, 0.3) is 0 Å². The topological polar surface area (TPSA) is 49.4 Å². The van der Waals surface area contributed by atoms with Crippen LogP contribution < -0.4 is 5.32 Å². The standard InChI is InChI=1S/C21H29FN2O2/c1-3-20(25)24(15-18-9-11-19(22)12-10-18)16(2)21(26)23-14-13-17-7-5-4-6-8-17/h7,9-12,16H,3-6,8,13-15H2,1-2H3,(H,23,26)/t16-/m0/s1. The van der Waals surface area contributed by atoms with Gasteiger partial charge in [-0.15, -0.1) is 0 Å². The largest absolute Gasteiger partial charge is 0.354 e. The monoisotopic (exact) mass is 360 g/mol. The van der Waals surface area contributed by atoms with Crippen LogP contribution in [0.5, 0.6) is 0 Å². The van der Waals surface area contributed by atoms with E-state index in [0.29, 0.717) is 19.5 Å². The molecule has 0 heterocycles. The Labute approximate surface area is 155 Å². The quantitative estimate of drug-likeness (QED) is 0.714. The van der Waals surface area contributed by atoms with Gasteiger partial charge in [0.25, 0.3) is 0 Å². The number of nitrogens with zero attached hydrogens (tertiary/aromatic N) is 1. The summed E-state index contributed by atoms with van der Waals surface area (Å²) in [5.74, 6) is -0.554. The van der Waals surface area contributed by atoms with Gasteiger partial charge in [0, 0.05) is 19.5 Å². The van der Waals surface area contributed by atoms with E-state index in [2.05, 4.69) is 11.4 Å². The lowest BCUT2D eigenvalue weighted by Crippen LogP contribution is -2.47. The number of amides is 2. The molecule has 1 atom stereocenters. The first-order chi connectivity index (χ1) is 12.5. The number of carbonyl (C=O) groups excluding carboxylic acids is 2. The summed E-state index contributed by atoms with van der Waals surface area (Å²) in [6.07, 6.45) is 8.22. The Bertz CT molecular complexity index is 640. The van der Waals surface area contributed by atoms with Crippen molar-refractivity contribution in [2.45, 2.75) is 65.0 Å². The molecule has 0 saturated heterocycles. The summed E-state index contributed by atoms with van der Waals surface area (Å²) in [5.41, 5.74) is 2.22. The third kappa shape index (κ3) is 5.97. The van der Waals surface area contributed by atoms with Gasteiger partial charge in [0.05, 0.1) is 0 Å². The molecule has 0 fully saturated rings. The minimum absolute atomic E-state index is 0.0908. The van der Waals surface area contributed by atoms with Gasteiger partial charge in [-0.3, -0.25) is 9.59 Å². The fourth-order valence-corrected chi connectivity index (χ4v) is 3.20. The van der Waals surface area contributed by atoms with E-state index >= 15 is 0 Å². The van der Waals surface area contributed by atoms with Gasteiger partial charge in [-0.2, -0.15) is 0 Å². The van der Waals surface area contributed by atoms with Gasteiger partial charge >= 0.3 is 0 Å². The number of hydrogen-bond donors (Lipinski definition) is 1. The molecule has 26 heavy (non-hydrogen) atoms. The highest BCUT2D eigenvalue weighted by atomic mass is 19.1. The van der Waals surface area contributed by atoms with E-state index in [1.165, 1.54) is 30.5 Å². The zero-order valence-corrected chi connectivity index (χ0v) is 15.8. The summed E-state index contributed by atoms with van der Waals surface area (Å²) in [4.78, 5) is 26.4. The second-order valence-corrected chi connectivity index (χ2v) is 6.83. The van der Waals surface area contributed by atoms with E-state index in [1.807, 2.05) is 0 Å². The van der Waals surface area contributed by atoms with Crippen molar-refractivity contribution >= 4 is 11.8 Å². The molecule has 0 unspecified atom stereocenters. The van der Waals surface area contributed by atoms with Crippen LogP contribution in [0.2, 0.25) is 0 Å². The third-order valence-electron chi connectivity index (χ3n) is 4.87. The van der Waals surface area contributed by atoms with Crippen LogP contribution in [-0.4, -0.2) is 29.3 Å². The Morgan fingerprint density at radius 1 is 1.23 bits per heavy atom. The molecule has 4 nitrogen and oxygen atoms in total. The Kier molecular flexibility index (Phi) is 7.82. The maximum atomic E-state index is 13.1. The lowest BCUT2D eigenvalue weighted by atomic mass is 9.97. The highest BCUT2D eigenvalue weighted by Crippen LogP contribution is 2.19. The van der Waals surface area contributed by atoms with E-state index in [4.69, 9.17) is 0 Å². The van der Waals surface area contributed by atoms with Gasteiger partial charge in [-0.25, -0.2) is 4.39 Å². The van der Waals surface area contributed by atoms with Crippen molar-refractivity contribution in [3.8, 4) is 0 Å². The van der Waals surface area contributed by atoms with Crippen molar-refractivity contribution < 1.29 is 14.0 Å². The molecule has 0 saturated carbocycles. The molecule has 1 aromatic carbocycles. The first-order valence-electron chi connectivity index (χ1n) is 9.50. The molecule has 142 valence electrons. The lowest BCUT2D eigenvalue weighted by Gasteiger charge is -2.28. The van der Waals surface area contributed by atoms with Crippen LogP contribution in [0.4, 0.5) is 4.39 Å². The summed E-state index contributed by atoms with van der Waals surface area (Å²) in [5, 5.41) is 2.95. The lowest BCUT2D eigenvalue weighted by molar-refractivity contribution is -0.140. The van der Waals surface area contributed by atoms with Crippen LogP contribution in [0, 0.1) is 5.82 Å². The Balaban J connectivity index is 1.92. The smallest absolute Gasteiger partial charge is 0.242 e. The Morgan fingerprint density at radius 2 is 1.96 bits per heavy atom. The van der Waals surface area contributed by atoms with Crippen LogP contribution in [0.1, 0.15) is 57.9 Å². The fourth-order valence-electron chi connectivity index (χ4n) is 3.20. The Hall–Kier alpha value is -2.17. The number of nitrogens with one attached hydrogen (secondary N) is 1. The molecule has 5 heteroatoms. The summed E-state index contributed by atoms with van der Waals surface area (Å²) in [6.45, 7) is 4.42. The third-order valence-corrected chi connectivity index (χ3v) is 4.87. The first-order valence-corrected chi connectivity index (χ1v) is 9.50. The minimum atomic E-state index is -0.562. The van der Waals surface area contributed by atoms with E-state index in [9.17, 15) is 14.0 Å². The summed E-state index contributed by atoms with van der Waals surface area (Å²) in [6, 6.07) is 5.46. The number of allylic oxidation sites excluding steroid dienone is 1. The number of rotatable bonds is 8. The van der Waals surface area contributed by atoms with Crippen LogP contribution in [-0.2, 0) is 16.1 Å². The number of benzene rings is 1. The second kappa shape index (κ2) is 10.1. The molecule has 0 radical (unpaired) electrons. The molecule has 0 spiro atoms. The van der Waals surface area contributed by atoms with Crippen molar-refractivity contribution in [3.63, 3.8) is 0 Å². The van der Waals surface area contributed by atoms with Gasteiger partial charge in [0.15, 0.2) is 0 Å². The van der Waals surface area contributed by atoms with E-state index in [-0.39, 0.29) is 17.6 Å². The second-order valence-electron chi connectivity index (χ2n) is 6.83. The molecule has 2 rings (SSSR count). The summed E-state index contributed by atoms with van der Waals surface area (Å²) < 4.78 is 13.1. The van der Waals surface area contributed by atoms with Gasteiger partial charge < -0.3 is 10.2 Å². The highest BCUT2D eigenvalue weighted by Gasteiger charge is 2.24. The van der Waals surface area contributed by atoms with Gasteiger partial charge in [-0.05, 0) is 56.7 Å². The predicted molar refractivity (Wildman–Crippen MR) is 101 cm³/mol. The molecular formula is C21H29FN2O2. The van der Waals surface area contributed by atoms with Crippen molar-refractivity contribution in [2.75, 3.05) is 6.54 Å². The zero-order chi connectivity index (χ0) is 18.9. The van der Waals surface area contributed by atoms with Gasteiger partial charge in [-0.1, -0.05) is 30.7 Å². The number of carbonyl (C=O) groups is 2. The van der Waals surface area contributed by atoms with Crippen LogP contribution in [0.3, 0.4) is 0 Å². The van der Waals surface area contributed by atoms with E-state index < -0.39 is 6.04 Å². The average molecular weight is 360 g/mol. The van der Waals surface area contributed by atoms with Crippen molar-refractivity contribution in [1.29, 1.82) is 0 Å². The maximum absolute atomic E-state index is 13.1. The maximum Gasteiger partial charge on any atom is 0.242 e. The molecule has 0 bridgehead atoms. The summed E-state index contributed by atoms with van der Waals surface area (Å²) >= 11 is 0. The summed E-state index contributed by atoms with van der Waals surface area (Å²) in [7, 11) is 0. The minimum Gasteiger partial charge on any atom is -0.354 e. The normalized spacial score (nSPS) is 15.1. The van der Waals surface area contributed by atoms with Crippen molar-refractivity contribution in [3.05, 3.63) is 47.3 Å². The molecule has 0 aromatic heterocycles. The van der Waals surface area contributed by atoms with Gasteiger partial charge in [0.1, 0.15) is 11.9 Å². The highest BCUT2D eigenvalue weighted by molar-refractivity contribution is 5.87. The molecule has 0 aliphatic heterocycles. The number of halogens is 1. The van der Waals surface area contributed by atoms with Crippen molar-refractivity contribution in [1.82, 2.24) is 10.2 Å². The molecule has 1 aliphatic carbocycles. The molecule has 1 aliphatic rings. The fraction of sp³-hybridized carbons (Fsp3) is 0.524. The average Bonchev–Trinajstić information content (AvgIpc) is 2.67. The SMILES string of the molecule is CCC(=O)N(Cc1ccc(F)cc1)[C@@H](C)C(=O)NCCC1=CCCCC1. The molecule has 1 aromatic rings. The van der Waals surface area contributed by atoms with Crippen LogP contribution in [0.15, 0.2) is 35.9 Å². The molecular weight excluding hydrogens is 331 g/mol. The van der Waals surface area contributed by atoms with Gasteiger partial charge in [0.2, 0.25) is 11.8 Å². The zero-order valence-electron chi connectivity index (χ0n) is 15.8. The van der Waals surface area contributed by atoms with Crippen LogP contribution >= 0.6 is 0 Å². The van der Waals surface area contributed by atoms with E-state index in [1.54, 1.807) is 30.9 Å². The first kappa shape index (κ1) is 20.1. The van der Waals surface area contributed by atoms with E-state index in [0.717, 1.165) is 24.8 Å². The molecule has 2 amide bonds. The number of hydrogen-bond acceptors (Lipinski definition) is 2.